The molecule has 0 N–H and O–H groups in total. The molecule has 0 spiro atoms. The predicted octanol–water partition coefficient (Wildman–Crippen LogP) is 3.82. The molecular formula is C21H22ClN3O4. The maximum absolute atomic E-state index is 13.0. The first-order chi connectivity index (χ1) is 13.8. The topological polar surface area (TPSA) is 83.8 Å². The van der Waals surface area contributed by atoms with Crippen LogP contribution in [0.2, 0.25) is 5.02 Å². The first-order valence-corrected chi connectivity index (χ1v) is 9.71. The highest BCUT2D eigenvalue weighted by Gasteiger charge is 2.36. The van der Waals surface area contributed by atoms with Gasteiger partial charge in [-0.15, -0.1) is 0 Å². The summed E-state index contributed by atoms with van der Waals surface area (Å²) in [6, 6.07) is 11.0. The number of likely N-dealkylation sites (N-methyl/N-ethyl adjacent to an activating group) is 1. The molecule has 7 nitrogen and oxygen atoms in total. The highest BCUT2D eigenvalue weighted by molar-refractivity contribution is 6.30. The van der Waals surface area contributed by atoms with Gasteiger partial charge < -0.3 is 9.80 Å². The molecule has 1 aliphatic heterocycles. The minimum atomic E-state index is -0.532. The summed E-state index contributed by atoms with van der Waals surface area (Å²) < 4.78 is 0. The molecule has 29 heavy (non-hydrogen) atoms. The van der Waals surface area contributed by atoms with Crippen LogP contribution in [0.25, 0.3) is 0 Å². The van der Waals surface area contributed by atoms with Crippen molar-refractivity contribution >= 4 is 29.1 Å². The lowest BCUT2D eigenvalue weighted by atomic mass is 10.1. The monoisotopic (exact) mass is 415 g/mol. The van der Waals surface area contributed by atoms with Crippen LogP contribution in [0.15, 0.2) is 42.5 Å². The van der Waals surface area contributed by atoms with Crippen molar-refractivity contribution in [3.8, 4) is 0 Å². The Morgan fingerprint density at radius 1 is 1.24 bits per heavy atom. The van der Waals surface area contributed by atoms with Gasteiger partial charge in [-0.1, -0.05) is 23.7 Å². The smallest absolute Gasteiger partial charge is 0.272 e. The maximum atomic E-state index is 13.0. The zero-order valence-corrected chi connectivity index (χ0v) is 17.1. The number of rotatable bonds is 5. The molecular weight excluding hydrogens is 394 g/mol. The molecule has 1 saturated heterocycles. The van der Waals surface area contributed by atoms with Crippen molar-refractivity contribution < 1.29 is 14.5 Å². The van der Waals surface area contributed by atoms with E-state index in [9.17, 15) is 19.7 Å². The summed E-state index contributed by atoms with van der Waals surface area (Å²) >= 11 is 5.90. The second kappa shape index (κ2) is 8.61. The number of hydrogen-bond donors (Lipinski definition) is 0. The molecule has 3 rings (SSSR count). The van der Waals surface area contributed by atoms with E-state index in [2.05, 4.69) is 0 Å². The molecule has 8 heteroatoms. The van der Waals surface area contributed by atoms with Crippen LogP contribution in [0.3, 0.4) is 0 Å². The zero-order valence-electron chi connectivity index (χ0n) is 16.3. The lowest BCUT2D eigenvalue weighted by Crippen LogP contribution is -2.46. The third-order valence-electron chi connectivity index (χ3n) is 5.15. The Kier molecular flexibility index (Phi) is 6.17. The molecule has 0 aromatic heterocycles. The van der Waals surface area contributed by atoms with Gasteiger partial charge in [0.1, 0.15) is 6.04 Å². The Balaban J connectivity index is 1.73. The summed E-state index contributed by atoms with van der Waals surface area (Å²) in [5.74, 6) is -0.400. The molecule has 2 aromatic rings. The standard InChI is InChI=1S/C21H22ClN3O4/c1-14-12-16(7-10-18(14)25(28)29)20(26)24-11-3-4-19(24)21(27)23(2)13-15-5-8-17(22)9-6-15/h5-10,12,19H,3-4,11,13H2,1-2H3. The van der Waals surface area contributed by atoms with E-state index in [1.165, 1.54) is 18.2 Å². The van der Waals surface area contributed by atoms with E-state index in [-0.39, 0.29) is 17.5 Å². The molecule has 152 valence electrons. The van der Waals surface area contributed by atoms with Crippen LogP contribution in [-0.2, 0) is 11.3 Å². The van der Waals surface area contributed by atoms with Crippen LogP contribution in [-0.4, -0.2) is 46.2 Å². The molecule has 0 aliphatic carbocycles. The van der Waals surface area contributed by atoms with E-state index in [0.717, 1.165) is 12.0 Å². The summed E-state index contributed by atoms with van der Waals surface area (Å²) in [5.41, 5.74) is 1.70. The van der Waals surface area contributed by atoms with Crippen molar-refractivity contribution in [2.45, 2.75) is 32.4 Å². The molecule has 1 aliphatic rings. The Morgan fingerprint density at radius 3 is 2.55 bits per heavy atom. The van der Waals surface area contributed by atoms with Gasteiger partial charge in [-0.2, -0.15) is 0 Å². The Morgan fingerprint density at radius 2 is 1.93 bits per heavy atom. The number of carbonyl (C=O) groups excluding carboxylic acids is 2. The van der Waals surface area contributed by atoms with Crippen LogP contribution in [0.1, 0.15) is 34.3 Å². The van der Waals surface area contributed by atoms with Gasteiger partial charge in [0, 0.05) is 42.4 Å². The van der Waals surface area contributed by atoms with Crippen molar-refractivity contribution in [3.63, 3.8) is 0 Å². The number of likely N-dealkylation sites (tertiary alicyclic amines) is 1. The molecule has 1 heterocycles. The number of amides is 2. The summed E-state index contributed by atoms with van der Waals surface area (Å²) in [6.07, 6.45) is 1.34. The number of carbonyl (C=O) groups is 2. The average molecular weight is 416 g/mol. The van der Waals surface area contributed by atoms with Gasteiger partial charge in [-0.05, 0) is 49.6 Å². The number of nitrogens with zero attached hydrogens (tertiary/aromatic N) is 3. The van der Waals surface area contributed by atoms with Crippen LogP contribution in [0.5, 0.6) is 0 Å². The minimum Gasteiger partial charge on any atom is -0.340 e. The highest BCUT2D eigenvalue weighted by Crippen LogP contribution is 2.25. The number of hydrogen-bond acceptors (Lipinski definition) is 4. The van der Waals surface area contributed by atoms with Crippen LogP contribution in [0.4, 0.5) is 5.69 Å². The van der Waals surface area contributed by atoms with Crippen molar-refractivity contribution in [3.05, 3.63) is 74.3 Å². The van der Waals surface area contributed by atoms with Crippen molar-refractivity contribution in [2.75, 3.05) is 13.6 Å². The molecule has 0 saturated carbocycles. The van der Waals surface area contributed by atoms with Crippen LogP contribution >= 0.6 is 11.6 Å². The Bertz CT molecular complexity index is 945. The van der Waals surface area contributed by atoms with Gasteiger partial charge in [0.2, 0.25) is 5.91 Å². The van der Waals surface area contributed by atoms with Gasteiger partial charge in [0.15, 0.2) is 0 Å². The molecule has 1 fully saturated rings. The van der Waals surface area contributed by atoms with Crippen molar-refractivity contribution in [1.82, 2.24) is 9.80 Å². The number of aryl methyl sites for hydroxylation is 1. The molecule has 2 amide bonds. The average Bonchev–Trinajstić information content (AvgIpc) is 3.17. The van der Waals surface area contributed by atoms with Gasteiger partial charge in [0.05, 0.1) is 4.92 Å². The third-order valence-corrected chi connectivity index (χ3v) is 5.40. The fourth-order valence-electron chi connectivity index (χ4n) is 3.62. The molecule has 0 radical (unpaired) electrons. The third kappa shape index (κ3) is 4.56. The summed E-state index contributed by atoms with van der Waals surface area (Å²) in [7, 11) is 1.72. The first kappa shape index (κ1) is 20.8. The van der Waals surface area contributed by atoms with E-state index in [1.54, 1.807) is 35.9 Å². The summed E-state index contributed by atoms with van der Waals surface area (Å²) in [5, 5.41) is 11.6. The fourth-order valence-corrected chi connectivity index (χ4v) is 3.75. The van der Waals surface area contributed by atoms with E-state index < -0.39 is 11.0 Å². The normalized spacial score (nSPS) is 16.0. The van der Waals surface area contributed by atoms with E-state index >= 15 is 0 Å². The molecule has 1 unspecified atom stereocenters. The second-order valence-electron chi connectivity index (χ2n) is 7.24. The van der Waals surface area contributed by atoms with Crippen molar-refractivity contribution in [2.24, 2.45) is 0 Å². The van der Waals surface area contributed by atoms with Crippen LogP contribution in [0, 0.1) is 17.0 Å². The lowest BCUT2D eigenvalue weighted by molar-refractivity contribution is -0.385. The minimum absolute atomic E-state index is 0.0294. The predicted molar refractivity (Wildman–Crippen MR) is 110 cm³/mol. The SMILES string of the molecule is Cc1cc(C(=O)N2CCCC2C(=O)N(C)Cc2ccc(Cl)cc2)ccc1[N+](=O)[O-]. The second-order valence-corrected chi connectivity index (χ2v) is 7.67. The number of nitro groups is 1. The highest BCUT2D eigenvalue weighted by atomic mass is 35.5. The lowest BCUT2D eigenvalue weighted by Gasteiger charge is -2.28. The largest absolute Gasteiger partial charge is 0.340 e. The van der Waals surface area contributed by atoms with Gasteiger partial charge in [0.25, 0.3) is 11.6 Å². The first-order valence-electron chi connectivity index (χ1n) is 9.33. The van der Waals surface area contributed by atoms with E-state index in [1.807, 2.05) is 12.1 Å². The van der Waals surface area contributed by atoms with Gasteiger partial charge >= 0.3 is 0 Å². The molecule has 1 atom stereocenters. The number of benzene rings is 2. The van der Waals surface area contributed by atoms with Crippen molar-refractivity contribution in [1.29, 1.82) is 0 Å². The molecule has 2 aromatic carbocycles. The zero-order chi connectivity index (χ0) is 21.1. The number of halogens is 1. The summed E-state index contributed by atoms with van der Waals surface area (Å²) in [4.78, 5) is 39.7. The maximum Gasteiger partial charge on any atom is 0.272 e. The Hall–Kier alpha value is -2.93. The molecule has 0 bridgehead atoms. The quantitative estimate of drug-likeness (QED) is 0.549. The summed E-state index contributed by atoms with van der Waals surface area (Å²) in [6.45, 7) is 2.51. The van der Waals surface area contributed by atoms with Crippen LogP contribution < -0.4 is 0 Å². The van der Waals surface area contributed by atoms with Gasteiger partial charge in [-0.3, -0.25) is 19.7 Å². The Labute approximate surface area is 174 Å². The number of nitro benzene ring substituents is 1. The van der Waals surface area contributed by atoms with E-state index in [0.29, 0.717) is 35.7 Å². The van der Waals surface area contributed by atoms with E-state index in [4.69, 9.17) is 11.6 Å². The van der Waals surface area contributed by atoms with Gasteiger partial charge in [-0.25, -0.2) is 0 Å². The fraction of sp³-hybridized carbons (Fsp3) is 0.333.